The molecule has 0 aromatic rings. The Morgan fingerprint density at radius 2 is 1.88 bits per heavy atom. The number of aliphatic hydroxyl groups is 1. The van der Waals surface area contributed by atoms with Gasteiger partial charge in [0.05, 0.1) is 0 Å². The van der Waals surface area contributed by atoms with E-state index >= 15 is 0 Å². The van der Waals surface area contributed by atoms with Crippen LogP contribution in [0.1, 0.15) is 44.9 Å². The lowest BCUT2D eigenvalue weighted by Crippen LogP contribution is -2.35. The molecular weight excluding hydrogens is 266 g/mol. The third-order valence-corrected chi connectivity index (χ3v) is 4.94. The molecule has 0 heterocycles. The summed E-state index contributed by atoms with van der Waals surface area (Å²) in [6.45, 7) is 2.75. The molecule has 0 atom stereocenters. The van der Waals surface area contributed by atoms with Crippen LogP contribution in [0.2, 0.25) is 0 Å². The van der Waals surface area contributed by atoms with Crippen LogP contribution in [0.25, 0.3) is 0 Å². The van der Waals surface area contributed by atoms with E-state index < -0.39 is 0 Å². The Kier molecular flexibility index (Phi) is 6.94. The van der Waals surface area contributed by atoms with Crippen molar-refractivity contribution in [2.75, 3.05) is 32.1 Å². The molecule has 2 nitrogen and oxygen atoms in total. The van der Waals surface area contributed by atoms with Crippen LogP contribution in [0.5, 0.6) is 0 Å². The van der Waals surface area contributed by atoms with Crippen molar-refractivity contribution in [2.45, 2.75) is 44.9 Å². The fourth-order valence-electron chi connectivity index (χ4n) is 2.78. The van der Waals surface area contributed by atoms with Crippen LogP contribution in [-0.4, -0.2) is 42.1 Å². The highest BCUT2D eigenvalue weighted by Gasteiger charge is 2.33. The van der Waals surface area contributed by atoms with Gasteiger partial charge in [0.1, 0.15) is 0 Å². The smallest absolute Gasteiger partial charge is 0.0431 e. The summed E-state index contributed by atoms with van der Waals surface area (Å²) >= 11 is 3.70. The molecule has 3 heteroatoms. The van der Waals surface area contributed by atoms with Crippen molar-refractivity contribution in [2.24, 2.45) is 5.41 Å². The van der Waals surface area contributed by atoms with Crippen LogP contribution in [0, 0.1) is 5.41 Å². The lowest BCUT2D eigenvalue weighted by Gasteiger charge is -2.32. The molecule has 0 radical (unpaired) electrons. The largest absolute Gasteiger partial charge is 0.396 e. The summed E-state index contributed by atoms with van der Waals surface area (Å²) in [6, 6.07) is 0. The van der Waals surface area contributed by atoms with E-state index in [0.29, 0.717) is 12.0 Å². The highest BCUT2D eigenvalue weighted by molar-refractivity contribution is 9.09. The fourth-order valence-corrected chi connectivity index (χ4v) is 3.52. The monoisotopic (exact) mass is 291 g/mol. The molecule has 0 aliphatic heterocycles. The van der Waals surface area contributed by atoms with Gasteiger partial charge in [-0.05, 0) is 51.1 Å². The van der Waals surface area contributed by atoms with E-state index in [1.165, 1.54) is 45.2 Å². The SMILES string of the molecule is CN(CCCCCO)CC1(CBr)CCCC1. The van der Waals surface area contributed by atoms with Crippen LogP contribution in [0.4, 0.5) is 0 Å². The first-order chi connectivity index (χ1) is 7.72. The van der Waals surface area contributed by atoms with Crippen molar-refractivity contribution in [3.8, 4) is 0 Å². The van der Waals surface area contributed by atoms with Crippen molar-refractivity contribution in [3.63, 3.8) is 0 Å². The number of rotatable bonds is 8. The molecule has 0 saturated heterocycles. The van der Waals surface area contributed by atoms with E-state index in [2.05, 4.69) is 27.9 Å². The fraction of sp³-hybridized carbons (Fsp3) is 1.00. The zero-order valence-corrected chi connectivity index (χ0v) is 12.1. The minimum Gasteiger partial charge on any atom is -0.396 e. The Balaban J connectivity index is 2.18. The van der Waals surface area contributed by atoms with E-state index in [1.54, 1.807) is 0 Å². The summed E-state index contributed by atoms with van der Waals surface area (Å²) in [5.74, 6) is 0. The number of aliphatic hydroxyl groups excluding tert-OH is 1. The first-order valence-corrected chi connectivity index (χ1v) is 7.70. The molecule has 0 aromatic carbocycles. The van der Waals surface area contributed by atoms with Crippen molar-refractivity contribution in [1.82, 2.24) is 4.90 Å². The predicted octanol–water partition coefficient (Wildman–Crippen LogP) is 3.04. The maximum Gasteiger partial charge on any atom is 0.0431 e. The van der Waals surface area contributed by atoms with Gasteiger partial charge in [-0.25, -0.2) is 0 Å². The summed E-state index contributed by atoms with van der Waals surface area (Å²) in [5, 5.41) is 9.87. The normalized spacial score (nSPS) is 19.5. The van der Waals surface area contributed by atoms with Gasteiger partial charge < -0.3 is 10.0 Å². The van der Waals surface area contributed by atoms with Gasteiger partial charge in [-0.15, -0.1) is 0 Å². The zero-order chi connectivity index (χ0) is 11.9. The number of halogens is 1. The maximum absolute atomic E-state index is 8.72. The van der Waals surface area contributed by atoms with Crippen LogP contribution in [0.3, 0.4) is 0 Å². The minimum absolute atomic E-state index is 0.342. The van der Waals surface area contributed by atoms with Gasteiger partial charge in [0, 0.05) is 18.5 Å². The molecule has 96 valence electrons. The number of hydrogen-bond donors (Lipinski definition) is 1. The Hall–Kier alpha value is 0.400. The average molecular weight is 292 g/mol. The van der Waals surface area contributed by atoms with Crippen LogP contribution >= 0.6 is 15.9 Å². The second kappa shape index (κ2) is 7.67. The number of nitrogens with zero attached hydrogens (tertiary/aromatic N) is 1. The van der Waals surface area contributed by atoms with Gasteiger partial charge >= 0.3 is 0 Å². The van der Waals surface area contributed by atoms with E-state index in [0.717, 1.165) is 18.2 Å². The third kappa shape index (κ3) is 4.72. The summed E-state index contributed by atoms with van der Waals surface area (Å²) < 4.78 is 0. The van der Waals surface area contributed by atoms with Gasteiger partial charge in [0.25, 0.3) is 0 Å². The molecule has 0 aromatic heterocycles. The van der Waals surface area contributed by atoms with Gasteiger partial charge in [0.15, 0.2) is 0 Å². The average Bonchev–Trinajstić information content (AvgIpc) is 2.74. The molecule has 1 aliphatic rings. The third-order valence-electron chi connectivity index (χ3n) is 3.75. The summed E-state index contributed by atoms with van der Waals surface area (Å²) in [6.07, 6.45) is 8.92. The molecule has 1 aliphatic carbocycles. The zero-order valence-electron chi connectivity index (χ0n) is 10.6. The maximum atomic E-state index is 8.72. The molecular formula is C13H26BrNO. The molecule has 0 unspecified atom stereocenters. The Labute approximate surface area is 109 Å². The van der Waals surface area contributed by atoms with Crippen LogP contribution in [-0.2, 0) is 0 Å². The quantitative estimate of drug-likeness (QED) is 0.549. The number of unbranched alkanes of at least 4 members (excludes halogenated alkanes) is 2. The molecule has 0 amide bonds. The lowest BCUT2D eigenvalue weighted by molar-refractivity contribution is 0.197. The van der Waals surface area contributed by atoms with Crippen LogP contribution in [0.15, 0.2) is 0 Å². The highest BCUT2D eigenvalue weighted by Crippen LogP contribution is 2.40. The second-order valence-corrected chi connectivity index (χ2v) is 5.92. The van der Waals surface area contributed by atoms with E-state index in [-0.39, 0.29) is 0 Å². The minimum atomic E-state index is 0.342. The van der Waals surface area contributed by atoms with E-state index in [4.69, 9.17) is 5.11 Å². The molecule has 1 rings (SSSR count). The van der Waals surface area contributed by atoms with Crippen molar-refractivity contribution in [3.05, 3.63) is 0 Å². The van der Waals surface area contributed by atoms with Gasteiger partial charge in [-0.2, -0.15) is 0 Å². The first kappa shape index (κ1) is 14.5. The Morgan fingerprint density at radius 3 is 2.44 bits per heavy atom. The molecule has 0 spiro atoms. The summed E-state index contributed by atoms with van der Waals surface area (Å²) in [4.78, 5) is 2.48. The number of hydrogen-bond acceptors (Lipinski definition) is 2. The Bertz CT molecular complexity index is 181. The van der Waals surface area contributed by atoms with Crippen molar-refractivity contribution < 1.29 is 5.11 Å². The molecule has 1 saturated carbocycles. The summed E-state index contributed by atoms with van der Waals surface area (Å²) in [5.41, 5.74) is 0.547. The molecule has 1 N–H and O–H groups in total. The highest BCUT2D eigenvalue weighted by atomic mass is 79.9. The standard InChI is InChI=1S/C13H26BrNO/c1-15(9-5-2-6-10-16)12-13(11-14)7-3-4-8-13/h16H,2-12H2,1H3. The van der Waals surface area contributed by atoms with Gasteiger partial charge in [-0.1, -0.05) is 28.8 Å². The first-order valence-electron chi connectivity index (χ1n) is 6.58. The summed E-state index contributed by atoms with van der Waals surface area (Å²) in [7, 11) is 2.24. The van der Waals surface area contributed by atoms with Gasteiger partial charge in [-0.3, -0.25) is 0 Å². The van der Waals surface area contributed by atoms with E-state index in [9.17, 15) is 0 Å². The molecule has 16 heavy (non-hydrogen) atoms. The van der Waals surface area contributed by atoms with Gasteiger partial charge in [0.2, 0.25) is 0 Å². The molecule has 0 bridgehead atoms. The van der Waals surface area contributed by atoms with E-state index in [1.807, 2.05) is 0 Å². The van der Waals surface area contributed by atoms with Crippen molar-refractivity contribution >= 4 is 15.9 Å². The Morgan fingerprint density at radius 1 is 1.19 bits per heavy atom. The lowest BCUT2D eigenvalue weighted by atomic mass is 9.88. The second-order valence-electron chi connectivity index (χ2n) is 5.36. The number of alkyl halides is 1. The topological polar surface area (TPSA) is 23.5 Å². The predicted molar refractivity (Wildman–Crippen MR) is 73.1 cm³/mol. The molecule has 1 fully saturated rings. The van der Waals surface area contributed by atoms with Crippen molar-refractivity contribution in [1.29, 1.82) is 0 Å². The van der Waals surface area contributed by atoms with Crippen LogP contribution < -0.4 is 0 Å².